The summed E-state index contributed by atoms with van der Waals surface area (Å²) in [5.74, 6) is 0.675. The van der Waals surface area contributed by atoms with Gasteiger partial charge in [0.15, 0.2) is 0 Å². The van der Waals surface area contributed by atoms with Crippen LogP contribution in [0.5, 0.6) is 0 Å². The van der Waals surface area contributed by atoms with Gasteiger partial charge in [0.25, 0.3) is 0 Å². The lowest BCUT2D eigenvalue weighted by Crippen LogP contribution is -2.46. The van der Waals surface area contributed by atoms with Crippen molar-refractivity contribution in [1.82, 2.24) is 14.5 Å². The number of anilines is 1. The highest BCUT2D eigenvalue weighted by molar-refractivity contribution is 7.07. The van der Waals surface area contributed by atoms with Crippen LogP contribution in [0.1, 0.15) is 23.1 Å². The normalized spacial score (nSPS) is 16.8. The number of thiophene rings is 1. The molecule has 0 aliphatic carbocycles. The molecule has 1 fully saturated rings. The molecule has 0 saturated carbocycles. The van der Waals surface area contributed by atoms with Crippen molar-refractivity contribution in [3.8, 4) is 0 Å². The minimum atomic E-state index is -0.713. The standard InChI is InChI=1S/C20H24N4OS/c1-22-8-7-21-20(22)19(25)17-4-2-3-5-18(17)24-11-9-23(10-12-24)14-16-6-13-26-15-16/h2-8,13,15,19,25H,9-12,14H2,1H3. The molecular formula is C20H24N4OS. The lowest BCUT2D eigenvalue weighted by molar-refractivity contribution is 0.205. The molecule has 26 heavy (non-hydrogen) atoms. The van der Waals surface area contributed by atoms with Crippen LogP contribution in [0.2, 0.25) is 0 Å². The molecule has 3 aromatic rings. The zero-order chi connectivity index (χ0) is 17.9. The monoisotopic (exact) mass is 368 g/mol. The van der Waals surface area contributed by atoms with E-state index in [1.165, 1.54) is 5.56 Å². The number of hydrogen-bond acceptors (Lipinski definition) is 5. The van der Waals surface area contributed by atoms with Crippen LogP contribution < -0.4 is 4.90 Å². The summed E-state index contributed by atoms with van der Waals surface area (Å²) in [6.45, 7) is 5.02. The maximum Gasteiger partial charge on any atom is 0.142 e. The molecule has 1 unspecified atom stereocenters. The fourth-order valence-corrected chi connectivity index (χ4v) is 4.23. The van der Waals surface area contributed by atoms with Crippen molar-refractivity contribution >= 4 is 17.0 Å². The van der Waals surface area contributed by atoms with Gasteiger partial charge in [-0.1, -0.05) is 18.2 Å². The lowest BCUT2D eigenvalue weighted by Gasteiger charge is -2.37. The first-order chi connectivity index (χ1) is 12.7. The Labute approximate surface area is 158 Å². The van der Waals surface area contributed by atoms with Crippen LogP contribution in [0.3, 0.4) is 0 Å². The van der Waals surface area contributed by atoms with Crippen molar-refractivity contribution in [2.24, 2.45) is 7.05 Å². The van der Waals surface area contributed by atoms with Crippen molar-refractivity contribution in [3.63, 3.8) is 0 Å². The van der Waals surface area contributed by atoms with Crippen LogP contribution in [0, 0.1) is 0 Å². The predicted octanol–water partition coefficient (Wildman–Crippen LogP) is 2.89. The third-order valence-corrected chi connectivity index (χ3v) is 5.77. The number of aryl methyl sites for hydroxylation is 1. The highest BCUT2D eigenvalue weighted by Gasteiger charge is 2.23. The Balaban J connectivity index is 1.48. The summed E-state index contributed by atoms with van der Waals surface area (Å²) in [4.78, 5) is 9.20. The third-order valence-electron chi connectivity index (χ3n) is 5.03. The van der Waals surface area contributed by atoms with E-state index in [9.17, 15) is 5.11 Å². The number of benzene rings is 1. The SMILES string of the molecule is Cn1ccnc1C(O)c1ccccc1N1CCN(Cc2ccsc2)CC1. The second-order valence-corrected chi connectivity index (χ2v) is 7.53. The molecule has 6 heteroatoms. The Morgan fingerprint density at radius 3 is 2.65 bits per heavy atom. The van der Waals surface area contributed by atoms with Crippen LogP contribution in [-0.4, -0.2) is 45.7 Å². The fourth-order valence-electron chi connectivity index (χ4n) is 3.57. The average molecular weight is 369 g/mol. The Kier molecular flexibility index (Phi) is 5.06. The number of aromatic nitrogens is 2. The van der Waals surface area contributed by atoms with E-state index in [-0.39, 0.29) is 0 Å². The van der Waals surface area contributed by atoms with Gasteiger partial charge in [-0.15, -0.1) is 0 Å². The summed E-state index contributed by atoms with van der Waals surface area (Å²) in [6, 6.07) is 10.3. The van der Waals surface area contributed by atoms with E-state index in [0.717, 1.165) is 44.0 Å². The lowest BCUT2D eigenvalue weighted by atomic mass is 10.0. The Hall–Kier alpha value is -2.15. The van der Waals surface area contributed by atoms with Crippen LogP contribution in [-0.2, 0) is 13.6 Å². The number of piperazine rings is 1. The molecule has 0 spiro atoms. The topological polar surface area (TPSA) is 44.5 Å². The molecule has 0 radical (unpaired) electrons. The van der Waals surface area contributed by atoms with Crippen molar-refractivity contribution in [3.05, 3.63) is 70.4 Å². The summed E-state index contributed by atoms with van der Waals surface area (Å²) in [5.41, 5.74) is 3.43. The van der Waals surface area contributed by atoms with Crippen molar-refractivity contribution < 1.29 is 5.11 Å². The van der Waals surface area contributed by atoms with Crippen molar-refractivity contribution in [1.29, 1.82) is 0 Å². The number of nitrogens with zero attached hydrogens (tertiary/aromatic N) is 4. The van der Waals surface area contributed by atoms with Gasteiger partial charge in [-0.25, -0.2) is 4.98 Å². The summed E-state index contributed by atoms with van der Waals surface area (Å²) in [5, 5.41) is 15.2. The molecule has 1 atom stereocenters. The largest absolute Gasteiger partial charge is 0.380 e. The molecule has 0 amide bonds. The van der Waals surface area contributed by atoms with Gasteiger partial charge in [-0.3, -0.25) is 4.90 Å². The van der Waals surface area contributed by atoms with Gasteiger partial charge in [0.2, 0.25) is 0 Å². The van der Waals surface area contributed by atoms with Crippen LogP contribution in [0.4, 0.5) is 5.69 Å². The van der Waals surface area contributed by atoms with E-state index in [0.29, 0.717) is 5.82 Å². The van der Waals surface area contributed by atoms with Crippen LogP contribution >= 0.6 is 11.3 Å². The third kappa shape index (κ3) is 3.53. The summed E-state index contributed by atoms with van der Waals surface area (Å²) in [7, 11) is 1.91. The first kappa shape index (κ1) is 17.3. The van der Waals surface area contributed by atoms with E-state index in [2.05, 4.69) is 37.7 Å². The average Bonchev–Trinajstić information content (AvgIpc) is 3.33. The second kappa shape index (κ2) is 7.61. The van der Waals surface area contributed by atoms with E-state index in [1.807, 2.05) is 36.0 Å². The Bertz CT molecular complexity index is 837. The van der Waals surface area contributed by atoms with E-state index >= 15 is 0 Å². The van der Waals surface area contributed by atoms with Crippen LogP contribution in [0.25, 0.3) is 0 Å². The number of hydrogen-bond donors (Lipinski definition) is 1. The van der Waals surface area contributed by atoms with Gasteiger partial charge >= 0.3 is 0 Å². The van der Waals surface area contributed by atoms with E-state index in [4.69, 9.17) is 0 Å². The van der Waals surface area contributed by atoms with Gasteiger partial charge in [-0.2, -0.15) is 11.3 Å². The minimum absolute atomic E-state index is 0.675. The molecule has 1 aliphatic rings. The molecule has 1 aliphatic heterocycles. The summed E-state index contributed by atoms with van der Waals surface area (Å²) >= 11 is 1.76. The number of aliphatic hydroxyl groups is 1. The van der Waals surface area contributed by atoms with Crippen molar-refractivity contribution in [2.75, 3.05) is 31.1 Å². The highest BCUT2D eigenvalue weighted by Crippen LogP contribution is 2.30. The van der Waals surface area contributed by atoms with Gasteiger partial charge in [0, 0.05) is 63.4 Å². The number of rotatable bonds is 5. The number of aliphatic hydroxyl groups excluding tert-OH is 1. The predicted molar refractivity (Wildman–Crippen MR) is 106 cm³/mol. The zero-order valence-electron chi connectivity index (χ0n) is 15.0. The molecule has 5 nitrogen and oxygen atoms in total. The van der Waals surface area contributed by atoms with Crippen LogP contribution in [0.15, 0.2) is 53.5 Å². The number of imidazole rings is 1. The smallest absolute Gasteiger partial charge is 0.142 e. The first-order valence-corrected chi connectivity index (χ1v) is 9.89. The van der Waals surface area contributed by atoms with Gasteiger partial charge < -0.3 is 14.6 Å². The molecule has 1 aromatic carbocycles. The summed E-state index contributed by atoms with van der Waals surface area (Å²) < 4.78 is 1.88. The molecule has 1 saturated heterocycles. The van der Waals surface area contributed by atoms with Gasteiger partial charge in [-0.05, 0) is 28.5 Å². The maximum absolute atomic E-state index is 10.9. The number of para-hydroxylation sites is 1. The quantitative estimate of drug-likeness (QED) is 0.752. The second-order valence-electron chi connectivity index (χ2n) is 6.75. The Morgan fingerprint density at radius 2 is 1.96 bits per heavy atom. The fraction of sp³-hybridized carbons (Fsp3) is 0.350. The van der Waals surface area contributed by atoms with Crippen molar-refractivity contribution in [2.45, 2.75) is 12.6 Å². The van der Waals surface area contributed by atoms with Gasteiger partial charge in [0.05, 0.1) is 0 Å². The maximum atomic E-state index is 10.9. The Morgan fingerprint density at radius 1 is 1.15 bits per heavy atom. The molecule has 2 aromatic heterocycles. The highest BCUT2D eigenvalue weighted by atomic mass is 32.1. The zero-order valence-corrected chi connectivity index (χ0v) is 15.8. The molecule has 0 bridgehead atoms. The molecule has 1 N–H and O–H groups in total. The first-order valence-electron chi connectivity index (χ1n) is 8.95. The van der Waals surface area contributed by atoms with Gasteiger partial charge in [0.1, 0.15) is 11.9 Å². The van der Waals surface area contributed by atoms with E-state index < -0.39 is 6.10 Å². The summed E-state index contributed by atoms with van der Waals surface area (Å²) in [6.07, 6.45) is 2.88. The minimum Gasteiger partial charge on any atom is -0.380 e. The molecule has 4 rings (SSSR count). The molecular weight excluding hydrogens is 344 g/mol. The molecule has 3 heterocycles. The molecule has 136 valence electrons. The van der Waals surface area contributed by atoms with E-state index in [1.54, 1.807) is 17.5 Å².